The predicted octanol–water partition coefficient (Wildman–Crippen LogP) is 3.53. The Morgan fingerprint density at radius 2 is 1.42 bits per heavy atom. The summed E-state index contributed by atoms with van der Waals surface area (Å²) >= 11 is 0. The van der Waals surface area contributed by atoms with Gasteiger partial charge in [0.15, 0.2) is 11.6 Å². The summed E-state index contributed by atoms with van der Waals surface area (Å²) in [5.41, 5.74) is 0.417. The van der Waals surface area contributed by atoms with Crippen LogP contribution in [0, 0.1) is 23.3 Å². The van der Waals surface area contributed by atoms with E-state index >= 15 is 0 Å². The Balaban J connectivity index is 1.98. The van der Waals surface area contributed by atoms with Crippen molar-refractivity contribution in [2.75, 3.05) is 0 Å². The van der Waals surface area contributed by atoms with E-state index in [9.17, 15) is 17.6 Å². The van der Waals surface area contributed by atoms with Gasteiger partial charge in [0.2, 0.25) is 0 Å². The van der Waals surface area contributed by atoms with Gasteiger partial charge in [0.25, 0.3) is 0 Å². The molecule has 0 aliphatic heterocycles. The zero-order valence-electron chi connectivity index (χ0n) is 9.89. The van der Waals surface area contributed by atoms with Crippen molar-refractivity contribution in [3.63, 3.8) is 0 Å². The first kappa shape index (κ1) is 13.5. The van der Waals surface area contributed by atoms with Gasteiger partial charge < -0.3 is 5.32 Å². The average Bonchev–Trinajstić information content (AvgIpc) is 2.37. The molecule has 0 unspecified atom stereocenters. The van der Waals surface area contributed by atoms with Crippen molar-refractivity contribution in [3.8, 4) is 0 Å². The highest BCUT2D eigenvalue weighted by atomic mass is 19.2. The van der Waals surface area contributed by atoms with Crippen molar-refractivity contribution in [2.24, 2.45) is 0 Å². The molecule has 0 heterocycles. The van der Waals surface area contributed by atoms with Crippen LogP contribution < -0.4 is 5.32 Å². The molecule has 0 aromatic heterocycles. The number of nitrogens with one attached hydrogen (secondary N) is 1. The number of hydrogen-bond donors (Lipinski definition) is 1. The molecule has 0 amide bonds. The van der Waals surface area contributed by atoms with Gasteiger partial charge in [0.1, 0.15) is 11.6 Å². The van der Waals surface area contributed by atoms with Crippen molar-refractivity contribution < 1.29 is 17.6 Å². The SMILES string of the molecule is Fc1ccc(CNCc2c(F)cccc2F)cc1F. The lowest BCUT2D eigenvalue weighted by Gasteiger charge is -2.07. The van der Waals surface area contributed by atoms with E-state index in [2.05, 4.69) is 5.32 Å². The third-order valence-corrected chi connectivity index (χ3v) is 2.68. The third kappa shape index (κ3) is 3.32. The maximum atomic E-state index is 13.3. The number of halogens is 4. The molecule has 1 nitrogen and oxygen atoms in total. The maximum absolute atomic E-state index is 13.3. The van der Waals surface area contributed by atoms with E-state index in [0.29, 0.717) is 5.56 Å². The van der Waals surface area contributed by atoms with Crippen molar-refractivity contribution in [1.29, 1.82) is 0 Å². The van der Waals surface area contributed by atoms with E-state index < -0.39 is 23.3 Å². The van der Waals surface area contributed by atoms with Gasteiger partial charge in [-0.2, -0.15) is 0 Å². The summed E-state index contributed by atoms with van der Waals surface area (Å²) in [6.07, 6.45) is 0. The number of hydrogen-bond acceptors (Lipinski definition) is 1. The average molecular weight is 269 g/mol. The summed E-state index contributed by atoms with van der Waals surface area (Å²) in [7, 11) is 0. The van der Waals surface area contributed by atoms with Gasteiger partial charge in [-0.3, -0.25) is 0 Å². The van der Waals surface area contributed by atoms with E-state index in [-0.39, 0.29) is 18.7 Å². The quantitative estimate of drug-likeness (QED) is 0.837. The Bertz CT molecular complexity index is 563. The van der Waals surface area contributed by atoms with Crippen LogP contribution in [0.15, 0.2) is 36.4 Å². The lowest BCUT2D eigenvalue weighted by Crippen LogP contribution is -2.15. The molecule has 0 spiro atoms. The van der Waals surface area contributed by atoms with Crippen LogP contribution in [0.3, 0.4) is 0 Å². The van der Waals surface area contributed by atoms with Crippen LogP contribution in [-0.2, 0) is 13.1 Å². The minimum Gasteiger partial charge on any atom is -0.308 e. The Hall–Kier alpha value is -1.88. The molecule has 0 bridgehead atoms. The van der Waals surface area contributed by atoms with Crippen LogP contribution in [0.1, 0.15) is 11.1 Å². The molecule has 0 atom stereocenters. The van der Waals surface area contributed by atoms with Crippen molar-refractivity contribution >= 4 is 0 Å². The molecule has 19 heavy (non-hydrogen) atoms. The maximum Gasteiger partial charge on any atom is 0.159 e. The Morgan fingerprint density at radius 3 is 2.05 bits per heavy atom. The van der Waals surface area contributed by atoms with Gasteiger partial charge >= 0.3 is 0 Å². The zero-order chi connectivity index (χ0) is 13.8. The fourth-order valence-corrected chi connectivity index (χ4v) is 1.68. The van der Waals surface area contributed by atoms with Crippen LogP contribution in [0.2, 0.25) is 0 Å². The van der Waals surface area contributed by atoms with Gasteiger partial charge in [-0.25, -0.2) is 17.6 Å². The highest BCUT2D eigenvalue weighted by molar-refractivity contribution is 5.20. The summed E-state index contributed by atoms with van der Waals surface area (Å²) < 4.78 is 52.2. The molecule has 100 valence electrons. The summed E-state index contributed by atoms with van der Waals surface area (Å²) in [6.45, 7) is 0.155. The molecule has 0 aliphatic carbocycles. The second-order valence-electron chi connectivity index (χ2n) is 4.05. The van der Waals surface area contributed by atoms with Crippen molar-refractivity contribution in [2.45, 2.75) is 13.1 Å². The van der Waals surface area contributed by atoms with Crippen LogP contribution in [-0.4, -0.2) is 0 Å². The molecule has 2 aromatic carbocycles. The first-order chi connectivity index (χ1) is 9.08. The monoisotopic (exact) mass is 269 g/mol. The van der Waals surface area contributed by atoms with Crippen LogP contribution in [0.25, 0.3) is 0 Å². The predicted molar refractivity (Wildman–Crippen MR) is 63.3 cm³/mol. The van der Waals surface area contributed by atoms with Crippen LogP contribution >= 0.6 is 0 Å². The van der Waals surface area contributed by atoms with Gasteiger partial charge in [0, 0.05) is 18.7 Å². The Kier molecular flexibility index (Phi) is 4.16. The molecule has 2 rings (SSSR count). The smallest absolute Gasteiger partial charge is 0.159 e. The summed E-state index contributed by atoms with van der Waals surface area (Å²) in [4.78, 5) is 0. The molecular weight excluding hydrogens is 258 g/mol. The van der Waals surface area contributed by atoms with Gasteiger partial charge in [-0.05, 0) is 29.8 Å². The van der Waals surface area contributed by atoms with Gasteiger partial charge in [-0.1, -0.05) is 12.1 Å². The largest absolute Gasteiger partial charge is 0.308 e. The first-order valence-corrected chi connectivity index (χ1v) is 5.65. The lowest BCUT2D eigenvalue weighted by atomic mass is 10.1. The lowest BCUT2D eigenvalue weighted by molar-refractivity contribution is 0.504. The normalized spacial score (nSPS) is 10.7. The zero-order valence-corrected chi connectivity index (χ0v) is 9.89. The summed E-state index contributed by atoms with van der Waals surface area (Å²) in [5.74, 6) is -3.16. The molecular formula is C14H11F4N. The van der Waals surface area contributed by atoms with Crippen molar-refractivity contribution in [1.82, 2.24) is 5.32 Å². The molecule has 0 radical (unpaired) electrons. The second-order valence-corrected chi connectivity index (χ2v) is 4.05. The van der Waals surface area contributed by atoms with E-state index in [0.717, 1.165) is 24.3 Å². The van der Waals surface area contributed by atoms with Crippen molar-refractivity contribution in [3.05, 3.63) is 70.8 Å². The first-order valence-electron chi connectivity index (χ1n) is 5.65. The number of benzene rings is 2. The fraction of sp³-hybridized carbons (Fsp3) is 0.143. The second kappa shape index (κ2) is 5.84. The Labute approximate surface area is 107 Å². The van der Waals surface area contributed by atoms with Gasteiger partial charge in [-0.15, -0.1) is 0 Å². The van der Waals surface area contributed by atoms with E-state index in [1.165, 1.54) is 12.1 Å². The molecule has 2 aromatic rings. The molecule has 1 N–H and O–H groups in total. The van der Waals surface area contributed by atoms with E-state index in [4.69, 9.17) is 0 Å². The van der Waals surface area contributed by atoms with E-state index in [1.807, 2.05) is 0 Å². The number of rotatable bonds is 4. The minimum absolute atomic E-state index is 0.0303. The molecule has 0 saturated heterocycles. The molecule has 0 fully saturated rings. The topological polar surface area (TPSA) is 12.0 Å². The summed E-state index contributed by atoms with van der Waals surface area (Å²) in [5, 5.41) is 2.78. The summed E-state index contributed by atoms with van der Waals surface area (Å²) in [6, 6.07) is 7.07. The fourth-order valence-electron chi connectivity index (χ4n) is 1.68. The minimum atomic E-state index is -0.948. The highest BCUT2D eigenvalue weighted by Crippen LogP contribution is 2.12. The standard InChI is InChI=1S/C14H11F4N/c15-11-2-1-3-12(16)10(11)8-19-7-9-4-5-13(17)14(18)6-9/h1-6,19H,7-8H2. The molecule has 0 aliphatic rings. The van der Waals surface area contributed by atoms with E-state index in [1.54, 1.807) is 0 Å². The van der Waals surface area contributed by atoms with Crippen LogP contribution in [0.5, 0.6) is 0 Å². The molecule has 0 saturated carbocycles. The Morgan fingerprint density at radius 1 is 0.737 bits per heavy atom. The van der Waals surface area contributed by atoms with Gasteiger partial charge in [0.05, 0.1) is 0 Å². The molecule has 5 heteroatoms. The van der Waals surface area contributed by atoms with Crippen LogP contribution in [0.4, 0.5) is 17.6 Å². The third-order valence-electron chi connectivity index (χ3n) is 2.68. The highest BCUT2D eigenvalue weighted by Gasteiger charge is 2.08.